The third kappa shape index (κ3) is 12.6. The van der Waals surface area contributed by atoms with E-state index in [4.69, 9.17) is 0 Å². The second kappa shape index (κ2) is 27.7. The smallest absolute Gasteiger partial charge is 1.00 e. The van der Waals surface area contributed by atoms with Crippen molar-refractivity contribution in [3.63, 3.8) is 0 Å². The summed E-state index contributed by atoms with van der Waals surface area (Å²) in [5.74, 6) is 0. The van der Waals surface area contributed by atoms with E-state index in [0.29, 0.717) is 0 Å². The standard InChI is InChI=1S/C75H75Si.3ClH.Ti/c1-50-41-66(44-60-29-17-11-18-30-60)57(8)69(47-63-35-23-14-24-36-63)72(50)76(75-55(6)53(4)54(5)56(75)7,73-51(2)42-67(45-61-31-19-12-20-32-61)58(9)70(73)48-64-37-25-15-26-38-64)74-52(3)43-68(46-62-33-21-13-22-34-62)59(10)71(74)49-65-39-27-16-28-40-65;;;;/h11-43H,44-49H2,1-10H3;3*1H;/q-1;;;;+4/p-3. The van der Waals surface area contributed by atoms with Gasteiger partial charge < -0.3 is 37.2 Å². The summed E-state index contributed by atoms with van der Waals surface area (Å²) < 4.78 is 0. The minimum Gasteiger partial charge on any atom is -1.00 e. The molecule has 0 heterocycles. The third-order valence-corrected chi connectivity index (χ3v) is 23.2. The Labute approximate surface area is 514 Å². The Kier molecular flexibility index (Phi) is 21.9. The van der Waals surface area contributed by atoms with Crippen molar-refractivity contribution < 1.29 is 58.9 Å². The van der Waals surface area contributed by atoms with Gasteiger partial charge >= 0.3 is 21.7 Å². The van der Waals surface area contributed by atoms with Crippen molar-refractivity contribution in [2.45, 2.75) is 108 Å². The third-order valence-electron chi connectivity index (χ3n) is 17.4. The fourth-order valence-corrected chi connectivity index (χ4v) is 20.5. The molecule has 0 radical (unpaired) electrons. The van der Waals surface area contributed by atoms with Crippen LogP contribution in [0.25, 0.3) is 0 Å². The van der Waals surface area contributed by atoms with Crippen molar-refractivity contribution >= 4 is 28.8 Å². The molecule has 10 aromatic carbocycles. The van der Waals surface area contributed by atoms with Gasteiger partial charge in [-0.3, -0.25) is 0 Å². The molecule has 0 N–H and O–H groups in total. The van der Waals surface area contributed by atoms with Crippen molar-refractivity contribution in [2.24, 2.45) is 0 Å². The van der Waals surface area contributed by atoms with Crippen LogP contribution in [0.2, 0.25) is 0 Å². The van der Waals surface area contributed by atoms with Crippen molar-refractivity contribution in [1.29, 1.82) is 0 Å². The summed E-state index contributed by atoms with van der Waals surface area (Å²) in [5.41, 5.74) is 31.0. The molecule has 0 saturated carbocycles. The molecular formula is C75H75Cl3SiTi. The number of hydrogen-bond donors (Lipinski definition) is 0. The monoisotopic (exact) mass is 1160 g/mol. The topological polar surface area (TPSA) is 0 Å². The fraction of sp³-hybridized carbons (Fsp3) is 0.213. The number of aryl methyl sites for hydroxylation is 3. The molecule has 0 atom stereocenters. The quantitative estimate of drug-likeness (QED) is 0.0596. The molecule has 5 heteroatoms. The molecule has 80 heavy (non-hydrogen) atoms. The molecule has 0 unspecified atom stereocenters. The van der Waals surface area contributed by atoms with Crippen LogP contribution in [0.4, 0.5) is 0 Å². The van der Waals surface area contributed by atoms with Crippen molar-refractivity contribution in [2.75, 3.05) is 0 Å². The Morgan fingerprint density at radius 3 is 0.738 bits per heavy atom. The molecule has 0 bridgehead atoms. The Hall–Kier alpha value is -5.87. The van der Waals surface area contributed by atoms with Gasteiger partial charge in [-0.15, -0.1) is 0 Å². The van der Waals surface area contributed by atoms with Gasteiger partial charge in [-0.25, -0.2) is 0 Å². The van der Waals surface area contributed by atoms with Crippen LogP contribution in [0.3, 0.4) is 0 Å². The Morgan fingerprint density at radius 2 is 0.525 bits per heavy atom. The SMILES string of the molecule is Cc1cc(Cc2ccccc2)c(C)c(Cc2ccccc2)c1[Si](c1c(C)cc(Cc2ccccc2)c(C)c1Cc1ccccc1)(c1c(C)cc(Cc2ccccc2)c(C)c1Cc1ccccc1)c1c(C)c(C)c(C)[c-]1C.[Cl-].[Cl-].[Cl-].[Ti+4]. The van der Waals surface area contributed by atoms with Crippen molar-refractivity contribution in [3.05, 3.63) is 323 Å². The number of halogens is 3. The molecule has 0 nitrogen and oxygen atoms in total. The second-order valence-electron chi connectivity index (χ2n) is 22.1. The van der Waals surface area contributed by atoms with Crippen LogP contribution in [0.1, 0.15) is 122 Å². The fourth-order valence-electron chi connectivity index (χ4n) is 13.3. The summed E-state index contributed by atoms with van der Waals surface area (Å²) in [6, 6.07) is 75.5. The van der Waals surface area contributed by atoms with Crippen LogP contribution in [-0.2, 0) is 60.2 Å². The molecule has 0 aliphatic heterocycles. The summed E-state index contributed by atoms with van der Waals surface area (Å²) >= 11 is 0. The minimum absolute atomic E-state index is 0. The van der Waals surface area contributed by atoms with Gasteiger partial charge in [0, 0.05) is 0 Å². The van der Waals surface area contributed by atoms with E-state index in [0.717, 1.165) is 38.5 Å². The van der Waals surface area contributed by atoms with Gasteiger partial charge in [0.2, 0.25) is 0 Å². The van der Waals surface area contributed by atoms with Crippen molar-refractivity contribution in [1.82, 2.24) is 0 Å². The number of rotatable bonds is 16. The average molecular weight is 1160 g/mol. The maximum absolute atomic E-state index is 3.57. The zero-order chi connectivity index (χ0) is 53.1. The summed E-state index contributed by atoms with van der Waals surface area (Å²) in [5, 5.41) is 6.29. The molecule has 10 aromatic rings. The van der Waals surface area contributed by atoms with Gasteiger partial charge in [0.25, 0.3) is 0 Å². The molecule has 0 aliphatic rings. The zero-order valence-electron chi connectivity index (χ0n) is 48.4. The van der Waals surface area contributed by atoms with Crippen LogP contribution in [0.15, 0.2) is 200 Å². The normalized spacial score (nSPS) is 11.0. The van der Waals surface area contributed by atoms with Crippen LogP contribution in [0.5, 0.6) is 0 Å². The summed E-state index contributed by atoms with van der Waals surface area (Å²) in [6.07, 6.45) is 5.17. The van der Waals surface area contributed by atoms with Gasteiger partial charge in [0.1, 0.15) is 0 Å². The first-order chi connectivity index (χ1) is 36.8. The predicted octanol–water partition coefficient (Wildman–Crippen LogP) is 6.42. The Morgan fingerprint density at radius 1 is 0.300 bits per heavy atom. The maximum Gasteiger partial charge on any atom is 4.00 e. The molecule has 0 amide bonds. The van der Waals surface area contributed by atoms with Crippen LogP contribution in [-0.4, -0.2) is 8.07 Å². The molecule has 0 aromatic heterocycles. The number of benzene rings is 9. The Balaban J connectivity index is 0.00000258. The van der Waals surface area contributed by atoms with Crippen LogP contribution >= 0.6 is 0 Å². The predicted molar refractivity (Wildman–Crippen MR) is 329 cm³/mol. The molecule has 0 fully saturated rings. The first kappa shape index (κ1) is 63.3. The van der Waals surface area contributed by atoms with E-state index in [1.165, 1.54) is 122 Å². The first-order valence-corrected chi connectivity index (χ1v) is 29.7. The molecule has 0 saturated heterocycles. The van der Waals surface area contributed by atoms with E-state index in [2.05, 4.69) is 269 Å². The maximum atomic E-state index is 2.63. The van der Waals surface area contributed by atoms with Gasteiger partial charge in [-0.05, 0) is 179 Å². The van der Waals surface area contributed by atoms with E-state index in [1.807, 2.05) is 0 Å². The van der Waals surface area contributed by atoms with E-state index in [9.17, 15) is 0 Å². The molecule has 0 aliphatic carbocycles. The molecular weight excluding hydrogens is 1080 g/mol. The summed E-state index contributed by atoms with van der Waals surface area (Å²) in [7, 11) is -3.57. The minimum atomic E-state index is -3.57. The van der Waals surface area contributed by atoms with E-state index in [-0.39, 0.29) is 58.9 Å². The van der Waals surface area contributed by atoms with E-state index < -0.39 is 8.07 Å². The largest absolute Gasteiger partial charge is 4.00 e. The van der Waals surface area contributed by atoms with E-state index in [1.54, 1.807) is 20.7 Å². The Bertz CT molecular complexity index is 3300. The van der Waals surface area contributed by atoms with Crippen LogP contribution in [0, 0.1) is 69.2 Å². The average Bonchev–Trinajstić information content (AvgIpc) is 3.83. The van der Waals surface area contributed by atoms with Gasteiger partial charge in [-0.1, -0.05) is 245 Å². The van der Waals surface area contributed by atoms with E-state index >= 15 is 0 Å². The van der Waals surface area contributed by atoms with Crippen LogP contribution < -0.4 is 58.0 Å². The molecule has 0 spiro atoms. The molecule has 404 valence electrons. The van der Waals surface area contributed by atoms with Gasteiger partial charge in [0.05, 0.1) is 0 Å². The number of hydrogen-bond acceptors (Lipinski definition) is 0. The second-order valence-corrected chi connectivity index (χ2v) is 25.6. The first-order valence-electron chi connectivity index (χ1n) is 27.7. The summed E-state index contributed by atoms with van der Waals surface area (Å²) in [6.45, 7) is 24.7. The zero-order valence-corrected chi connectivity index (χ0v) is 53.3. The van der Waals surface area contributed by atoms with Crippen molar-refractivity contribution in [3.8, 4) is 0 Å². The molecule has 10 rings (SSSR count). The summed E-state index contributed by atoms with van der Waals surface area (Å²) in [4.78, 5) is 0. The van der Waals surface area contributed by atoms with Gasteiger partial charge in [-0.2, -0.15) is 27.4 Å². The van der Waals surface area contributed by atoms with Gasteiger partial charge in [0.15, 0.2) is 8.07 Å².